The fourth-order valence-electron chi connectivity index (χ4n) is 2.07. The summed E-state index contributed by atoms with van der Waals surface area (Å²) in [6, 6.07) is 14.1. The van der Waals surface area contributed by atoms with E-state index in [-0.39, 0.29) is 16.5 Å². The normalized spacial score (nSPS) is 11.1. The molecule has 2 aromatic carbocycles. The van der Waals surface area contributed by atoms with Crippen LogP contribution in [0.4, 0.5) is 5.69 Å². The molecule has 7 heteroatoms. The fraction of sp³-hybridized carbons (Fsp3) is 0.176. The van der Waals surface area contributed by atoms with E-state index in [0.717, 1.165) is 0 Å². The summed E-state index contributed by atoms with van der Waals surface area (Å²) in [7, 11) is -3.68. The molecule has 0 unspecified atom stereocenters. The van der Waals surface area contributed by atoms with E-state index < -0.39 is 15.9 Å². The van der Waals surface area contributed by atoms with Crippen LogP contribution in [0.25, 0.3) is 0 Å². The molecule has 0 saturated heterocycles. The Bertz CT molecular complexity index is 899. The lowest BCUT2D eigenvalue weighted by Crippen LogP contribution is -2.30. The van der Waals surface area contributed by atoms with Crippen molar-refractivity contribution in [1.82, 2.24) is 4.72 Å². The average Bonchev–Trinajstić information content (AvgIpc) is 2.54. The second-order valence-corrected chi connectivity index (χ2v) is 7.13. The van der Waals surface area contributed by atoms with Gasteiger partial charge in [-0.1, -0.05) is 18.2 Å². The van der Waals surface area contributed by atoms with Gasteiger partial charge < -0.3 is 5.32 Å². The van der Waals surface area contributed by atoms with E-state index in [4.69, 9.17) is 5.26 Å². The lowest BCUT2D eigenvalue weighted by Gasteiger charge is -2.11. The van der Waals surface area contributed by atoms with Gasteiger partial charge in [-0.15, -0.1) is 0 Å². The zero-order valence-corrected chi connectivity index (χ0v) is 14.1. The third-order valence-electron chi connectivity index (χ3n) is 3.09. The standard InChI is InChI=1S/C17H17N3O3S/c1-12(2)20-24(22,23)15-8-5-7-13(10-15)17(21)19-16-9-4-3-6-14(16)11-18/h3-10,12,20H,1-2H3,(H,19,21). The lowest BCUT2D eigenvalue weighted by atomic mass is 10.1. The minimum Gasteiger partial charge on any atom is -0.321 e. The molecule has 2 N–H and O–H groups in total. The van der Waals surface area contributed by atoms with Crippen molar-refractivity contribution in [3.63, 3.8) is 0 Å². The molecule has 24 heavy (non-hydrogen) atoms. The highest BCUT2D eigenvalue weighted by atomic mass is 32.2. The number of para-hydroxylation sites is 1. The number of benzene rings is 2. The Balaban J connectivity index is 2.29. The van der Waals surface area contributed by atoms with Gasteiger partial charge in [-0.2, -0.15) is 5.26 Å². The highest BCUT2D eigenvalue weighted by Crippen LogP contribution is 2.17. The third-order valence-corrected chi connectivity index (χ3v) is 4.75. The first-order valence-corrected chi connectivity index (χ1v) is 8.74. The summed E-state index contributed by atoms with van der Waals surface area (Å²) < 4.78 is 26.8. The summed E-state index contributed by atoms with van der Waals surface area (Å²) in [5.41, 5.74) is 0.893. The fourth-order valence-corrected chi connectivity index (χ4v) is 3.36. The maximum Gasteiger partial charge on any atom is 0.255 e. The SMILES string of the molecule is CC(C)NS(=O)(=O)c1cccc(C(=O)Nc2ccccc2C#N)c1. The first-order chi connectivity index (χ1) is 11.3. The van der Waals surface area contributed by atoms with Crippen molar-refractivity contribution in [3.05, 3.63) is 59.7 Å². The van der Waals surface area contributed by atoms with E-state index in [1.807, 2.05) is 6.07 Å². The number of carbonyl (C=O) groups excluding carboxylic acids is 1. The third kappa shape index (κ3) is 4.19. The number of carbonyl (C=O) groups is 1. The molecule has 6 nitrogen and oxygen atoms in total. The monoisotopic (exact) mass is 343 g/mol. The maximum absolute atomic E-state index is 12.3. The van der Waals surface area contributed by atoms with Gasteiger partial charge in [0.25, 0.3) is 5.91 Å². The number of rotatable bonds is 5. The van der Waals surface area contributed by atoms with Crippen LogP contribution in [0, 0.1) is 11.3 Å². The van der Waals surface area contributed by atoms with Crippen LogP contribution >= 0.6 is 0 Å². The Hall–Kier alpha value is -2.69. The van der Waals surface area contributed by atoms with Crippen LogP contribution in [0.5, 0.6) is 0 Å². The van der Waals surface area contributed by atoms with Gasteiger partial charge in [-0.3, -0.25) is 4.79 Å². The average molecular weight is 343 g/mol. The van der Waals surface area contributed by atoms with Gasteiger partial charge >= 0.3 is 0 Å². The van der Waals surface area contributed by atoms with Crippen molar-refractivity contribution >= 4 is 21.6 Å². The second kappa shape index (κ2) is 7.25. The van der Waals surface area contributed by atoms with Gasteiger partial charge in [0.05, 0.1) is 16.1 Å². The van der Waals surface area contributed by atoms with Gasteiger partial charge in [0, 0.05) is 11.6 Å². The van der Waals surface area contributed by atoms with E-state index in [0.29, 0.717) is 11.3 Å². The predicted molar refractivity (Wildman–Crippen MR) is 91.0 cm³/mol. The molecule has 124 valence electrons. The quantitative estimate of drug-likeness (QED) is 0.871. The van der Waals surface area contributed by atoms with E-state index in [1.54, 1.807) is 38.1 Å². The topological polar surface area (TPSA) is 99.1 Å². The van der Waals surface area contributed by atoms with Crippen LogP contribution < -0.4 is 10.0 Å². The van der Waals surface area contributed by atoms with Gasteiger partial charge in [0.15, 0.2) is 0 Å². The van der Waals surface area contributed by atoms with Crippen LogP contribution in [0.1, 0.15) is 29.8 Å². The molecule has 0 spiro atoms. The molecule has 0 aromatic heterocycles. The highest BCUT2D eigenvalue weighted by molar-refractivity contribution is 7.89. The van der Waals surface area contributed by atoms with Crippen molar-refractivity contribution in [3.8, 4) is 6.07 Å². The van der Waals surface area contributed by atoms with Crippen LogP contribution in [0.2, 0.25) is 0 Å². The minimum absolute atomic E-state index is 0.0115. The zero-order valence-electron chi connectivity index (χ0n) is 13.3. The Labute approximate surface area is 141 Å². The number of hydrogen-bond acceptors (Lipinski definition) is 4. The van der Waals surface area contributed by atoms with E-state index in [9.17, 15) is 13.2 Å². The van der Waals surface area contributed by atoms with Crippen LogP contribution in [0.3, 0.4) is 0 Å². The number of amides is 1. The van der Waals surface area contributed by atoms with E-state index >= 15 is 0 Å². The Morgan fingerprint density at radius 1 is 1.12 bits per heavy atom. The number of nitrogens with zero attached hydrogens (tertiary/aromatic N) is 1. The van der Waals surface area contributed by atoms with Gasteiger partial charge in [-0.05, 0) is 44.2 Å². The Kier molecular flexibility index (Phi) is 5.34. The molecule has 0 fully saturated rings. The highest BCUT2D eigenvalue weighted by Gasteiger charge is 2.17. The molecule has 0 aliphatic rings. The number of sulfonamides is 1. The predicted octanol–water partition coefficient (Wildman–Crippen LogP) is 2.50. The van der Waals surface area contributed by atoms with Crippen molar-refractivity contribution in [2.24, 2.45) is 0 Å². The summed E-state index contributed by atoms with van der Waals surface area (Å²) in [6.07, 6.45) is 0. The molecule has 0 bridgehead atoms. The zero-order chi connectivity index (χ0) is 17.7. The number of nitrogens with one attached hydrogen (secondary N) is 2. The van der Waals surface area contributed by atoms with E-state index in [1.165, 1.54) is 24.3 Å². The molecule has 0 aliphatic carbocycles. The lowest BCUT2D eigenvalue weighted by molar-refractivity contribution is 0.102. The first kappa shape index (κ1) is 17.7. The van der Waals surface area contributed by atoms with Crippen LogP contribution in [-0.2, 0) is 10.0 Å². The second-order valence-electron chi connectivity index (χ2n) is 5.42. The molecule has 2 aromatic rings. The molecule has 0 atom stereocenters. The molecular formula is C17H17N3O3S. The van der Waals surface area contributed by atoms with Gasteiger partial charge in [-0.25, -0.2) is 13.1 Å². The van der Waals surface area contributed by atoms with Crippen molar-refractivity contribution < 1.29 is 13.2 Å². The smallest absolute Gasteiger partial charge is 0.255 e. The van der Waals surface area contributed by atoms with Crippen molar-refractivity contribution in [2.45, 2.75) is 24.8 Å². The molecule has 0 radical (unpaired) electrons. The Morgan fingerprint density at radius 2 is 1.83 bits per heavy atom. The van der Waals surface area contributed by atoms with Gasteiger partial charge in [0.2, 0.25) is 10.0 Å². The van der Waals surface area contributed by atoms with E-state index in [2.05, 4.69) is 10.0 Å². The maximum atomic E-state index is 12.3. The van der Waals surface area contributed by atoms with Crippen molar-refractivity contribution in [1.29, 1.82) is 5.26 Å². The molecular weight excluding hydrogens is 326 g/mol. The summed E-state index contributed by atoms with van der Waals surface area (Å²) in [5.74, 6) is -0.487. The number of anilines is 1. The molecule has 0 saturated carbocycles. The minimum atomic E-state index is -3.68. The first-order valence-electron chi connectivity index (χ1n) is 7.26. The summed E-state index contributed by atoms with van der Waals surface area (Å²) in [6.45, 7) is 3.43. The summed E-state index contributed by atoms with van der Waals surface area (Å²) in [4.78, 5) is 12.4. The van der Waals surface area contributed by atoms with Crippen LogP contribution in [0.15, 0.2) is 53.4 Å². The molecule has 0 aliphatic heterocycles. The molecule has 0 heterocycles. The Morgan fingerprint density at radius 3 is 2.50 bits per heavy atom. The summed E-state index contributed by atoms with van der Waals surface area (Å²) in [5, 5.41) is 11.7. The van der Waals surface area contributed by atoms with Crippen LogP contribution in [-0.4, -0.2) is 20.4 Å². The molecule has 1 amide bonds. The molecule has 2 rings (SSSR count). The summed E-state index contributed by atoms with van der Waals surface area (Å²) >= 11 is 0. The number of hydrogen-bond donors (Lipinski definition) is 2. The number of nitriles is 1. The largest absolute Gasteiger partial charge is 0.321 e. The van der Waals surface area contributed by atoms with Crippen molar-refractivity contribution in [2.75, 3.05) is 5.32 Å². The van der Waals surface area contributed by atoms with Gasteiger partial charge in [0.1, 0.15) is 6.07 Å².